The minimum absolute atomic E-state index is 0. The molecule has 0 saturated carbocycles. The number of aromatic carboxylic acids is 4. The number of aliphatic carboxylic acids is 1. The minimum atomic E-state index is -1.64. The third-order valence-corrected chi connectivity index (χ3v) is 1.99. The van der Waals surface area contributed by atoms with Crippen LogP contribution in [0.5, 0.6) is 0 Å². The van der Waals surface area contributed by atoms with Crippen molar-refractivity contribution in [1.29, 1.82) is 0 Å². The monoisotopic (exact) mass is 790 g/mol. The van der Waals surface area contributed by atoms with E-state index < -0.39 is 52.6 Å². The van der Waals surface area contributed by atoms with E-state index in [0.717, 1.165) is 19.6 Å². The number of carbonyl (C=O) groups is 5. The first-order valence-corrected chi connectivity index (χ1v) is 6.01. The molecule has 0 bridgehead atoms. The first-order chi connectivity index (χ1) is 12.0. The molecule has 0 aliphatic heterocycles. The molecule has 8 N–H and O–H groups in total. The Hall–Kier alpha value is -1.14. The van der Waals surface area contributed by atoms with Crippen LogP contribution < -0.4 is 25.3 Å². The average molecular weight is 787 g/mol. The van der Waals surface area contributed by atoms with Gasteiger partial charge in [-0.2, -0.15) is 0 Å². The Labute approximate surface area is 251 Å². The zero-order valence-electron chi connectivity index (χ0n) is 16.1. The van der Waals surface area contributed by atoms with E-state index in [1.54, 1.807) is 0 Å². The number of nitrogens with zero attached hydrogens (tertiary/aromatic N) is 4. The number of carboxylic acids is 5. The molecule has 0 radical (unpaired) electrons. The molecular weight excluding hydrogens is 774 g/mol. The predicted octanol–water partition coefficient (Wildman–Crippen LogP) is -7.52. The smallest absolute Gasteiger partial charge is 0.550 e. The summed E-state index contributed by atoms with van der Waals surface area (Å²) in [6.07, 6.45) is 1.71. The summed E-state index contributed by atoms with van der Waals surface area (Å²) < 4.78 is 0. The zero-order chi connectivity index (χ0) is 20.4. The second kappa shape index (κ2) is 24.5. The van der Waals surface area contributed by atoms with Crippen LogP contribution in [0.15, 0.2) is 12.7 Å². The van der Waals surface area contributed by atoms with Crippen LogP contribution in [-0.4, -0.2) is 66.5 Å². The molecule has 0 spiro atoms. The molecule has 2 aromatic heterocycles. The Morgan fingerprint density at radius 3 is 1.31 bits per heavy atom. The van der Waals surface area contributed by atoms with Gasteiger partial charge in [-0.25, -0.2) is 9.59 Å². The van der Waals surface area contributed by atoms with Crippen molar-refractivity contribution >= 4 is 29.8 Å². The zero-order valence-corrected chi connectivity index (χ0v) is 27.9. The van der Waals surface area contributed by atoms with Gasteiger partial charge in [0.05, 0.1) is 11.9 Å². The molecule has 32 heavy (non-hydrogen) atoms. The van der Waals surface area contributed by atoms with Crippen molar-refractivity contribution in [2.75, 3.05) is 0 Å². The van der Waals surface area contributed by atoms with Gasteiger partial charge in [-0.15, -0.1) is 0 Å². The van der Waals surface area contributed by atoms with Crippen LogP contribution in [0, 0.1) is 41.3 Å². The molecule has 168 valence electrons. The second-order valence-corrected chi connectivity index (χ2v) is 3.82. The molecule has 0 saturated heterocycles. The summed E-state index contributed by atoms with van der Waals surface area (Å²) in [7, 11) is 0. The van der Waals surface area contributed by atoms with Crippen LogP contribution in [0.1, 0.15) is 48.9 Å². The van der Waals surface area contributed by atoms with Crippen LogP contribution >= 0.6 is 0 Å². The van der Waals surface area contributed by atoms with Gasteiger partial charge < -0.3 is 76.3 Å². The number of imidazole rings is 2. The Balaban J connectivity index is -0.0000000577. The van der Waals surface area contributed by atoms with E-state index in [0.29, 0.717) is 0 Å². The predicted molar refractivity (Wildman–Crippen MR) is 79.2 cm³/mol. The minimum Gasteiger partial charge on any atom is -0.550 e. The third kappa shape index (κ3) is 18.4. The maximum Gasteiger partial charge on any atom is 3.00 e. The molecule has 0 aliphatic carbocycles. The fraction of sp³-hybridized carbons (Fsp3) is 0.0833. The Morgan fingerprint density at radius 1 is 0.750 bits per heavy atom. The third-order valence-electron chi connectivity index (χ3n) is 1.99. The van der Waals surface area contributed by atoms with E-state index in [2.05, 4.69) is 19.9 Å². The summed E-state index contributed by atoms with van der Waals surface area (Å²) in [6.45, 7) is 0.972. The summed E-state index contributed by atoms with van der Waals surface area (Å²) >= 11 is 0. The van der Waals surface area contributed by atoms with Crippen LogP contribution in [0.25, 0.3) is 0 Å². The molecule has 0 fully saturated rings. The number of carboxylic acid groups (broad SMARTS) is 5. The van der Waals surface area contributed by atoms with Gasteiger partial charge in [0.2, 0.25) is 0 Å². The summed E-state index contributed by atoms with van der Waals surface area (Å²) in [5, 5.41) is 45.7. The quantitative estimate of drug-likeness (QED) is 0.272. The van der Waals surface area contributed by atoms with Gasteiger partial charge in [0, 0.05) is 72.0 Å². The molecule has 20 heteroatoms. The summed E-state index contributed by atoms with van der Waals surface area (Å²) in [5.41, 5.74) is -2.47. The van der Waals surface area contributed by atoms with Gasteiger partial charge in [-0.1, -0.05) is 12.7 Å². The Kier molecular flexibility index (Phi) is 37.0. The van der Waals surface area contributed by atoms with Crippen LogP contribution in [0.2, 0.25) is 0 Å². The molecule has 2 rings (SSSR count). The number of hydrogen-bond acceptors (Lipinski definition) is 10. The van der Waals surface area contributed by atoms with Crippen molar-refractivity contribution in [3.8, 4) is 0 Å². The first kappa shape index (κ1) is 48.3. The summed E-state index contributed by atoms with van der Waals surface area (Å²) in [4.78, 5) is 62.3. The van der Waals surface area contributed by atoms with Gasteiger partial charge in [-0.3, -0.25) is 0 Å². The Bertz CT molecular complexity index is 719. The number of carbonyl (C=O) groups excluding carboxylic acids is 3. The Morgan fingerprint density at radius 2 is 1.09 bits per heavy atom. The maximum absolute atomic E-state index is 10.2. The van der Waals surface area contributed by atoms with Crippen molar-refractivity contribution in [3.63, 3.8) is 0 Å². The van der Waals surface area contributed by atoms with E-state index in [1.165, 1.54) is 0 Å². The molecule has 17 nitrogen and oxygen atoms in total. The number of rotatable bonds is 4. The van der Waals surface area contributed by atoms with Crippen molar-refractivity contribution in [2.45, 2.75) is 6.92 Å². The molecule has 0 aliphatic rings. The summed E-state index contributed by atoms with van der Waals surface area (Å²) in [6, 6.07) is 0. The van der Waals surface area contributed by atoms with Crippen LogP contribution in [0.3, 0.4) is 0 Å². The summed E-state index contributed by atoms with van der Waals surface area (Å²) in [5.74, 6) is -7.22. The largest absolute Gasteiger partial charge is 3.00 e. The van der Waals surface area contributed by atoms with Crippen LogP contribution in [0.4, 0.5) is 0 Å². The SMILES string of the molecule is CC(=O)[O-].O.O.O.O=C(O)c1nc[n-]c1C(=O)[O-].O=C([O-])c1nc[n-]c1C(=O)O.[Cd].[Cd].[Pr+3]. The molecular formula is C12H13Cd2N4O13Pr-2. The molecule has 2 aromatic rings. The molecule has 0 atom stereocenters. The number of aromatic nitrogens is 4. The van der Waals surface area contributed by atoms with E-state index in [1.807, 2.05) is 0 Å². The van der Waals surface area contributed by atoms with Gasteiger partial charge in [0.1, 0.15) is 0 Å². The molecule has 0 unspecified atom stereocenters. The maximum atomic E-state index is 10.2. The normalized spacial score (nSPS) is 7.28. The topological polar surface area (TPSA) is 343 Å². The van der Waals surface area contributed by atoms with E-state index >= 15 is 0 Å². The fourth-order valence-electron chi connectivity index (χ4n) is 1.15. The standard InChI is InChI=1S/2C5H4N2O4.C2H4O2.2Cd.3H2O.Pr/c2*8-4(9)2-3(5(10)11)7-1-6-2;1-2(3)4;;;;;;/h2*1H,(H3,6,7,8,9,10,11);1H3,(H,3,4);;;3*1H2;/q;;;;;;;;+3/p-5. The molecule has 2 heterocycles. The van der Waals surface area contributed by atoms with E-state index in [9.17, 15) is 29.4 Å². The number of hydrogen-bond donors (Lipinski definition) is 2. The molecule has 0 amide bonds. The van der Waals surface area contributed by atoms with Crippen LogP contribution in [-0.2, 0) is 59.4 Å². The van der Waals surface area contributed by atoms with E-state index in [4.69, 9.17) is 20.1 Å². The average Bonchev–Trinajstić information content (AvgIpc) is 3.16. The van der Waals surface area contributed by atoms with Crippen molar-refractivity contribution in [2.24, 2.45) is 0 Å². The van der Waals surface area contributed by atoms with Crippen molar-refractivity contribution in [3.05, 3.63) is 35.4 Å². The van der Waals surface area contributed by atoms with Crippen molar-refractivity contribution < 1.29 is 162 Å². The molecule has 0 aromatic carbocycles. The van der Waals surface area contributed by atoms with Gasteiger partial charge in [0.25, 0.3) is 0 Å². The van der Waals surface area contributed by atoms with E-state index in [-0.39, 0.29) is 112 Å². The van der Waals surface area contributed by atoms with Gasteiger partial charge in [0.15, 0.2) is 0 Å². The van der Waals surface area contributed by atoms with Crippen molar-refractivity contribution in [1.82, 2.24) is 19.9 Å². The van der Waals surface area contributed by atoms with Gasteiger partial charge >= 0.3 is 53.2 Å². The second-order valence-electron chi connectivity index (χ2n) is 3.82. The van der Waals surface area contributed by atoms with Gasteiger partial charge in [-0.05, 0) is 18.3 Å². The first-order valence-electron chi connectivity index (χ1n) is 6.01. The fourth-order valence-corrected chi connectivity index (χ4v) is 1.15.